The second kappa shape index (κ2) is 20.0. The number of hydrogen-bond donors (Lipinski definition) is 5. The zero-order valence-corrected chi connectivity index (χ0v) is 35.3. The molecule has 0 aliphatic carbocycles. The zero-order chi connectivity index (χ0) is 45.6. The number of likely N-dealkylation sites (tertiary alicyclic amines) is 2. The maximum atomic E-state index is 13.5. The Balaban J connectivity index is 1.29. The third kappa shape index (κ3) is 10.2. The van der Waals surface area contributed by atoms with Crippen molar-refractivity contribution in [3.8, 4) is 0 Å². The van der Waals surface area contributed by atoms with Gasteiger partial charge in [0.1, 0.15) is 35.5 Å². The Kier molecular flexibility index (Phi) is 15.0. The molecule has 3 aliphatic rings. The molecule has 0 bridgehead atoms. The highest BCUT2D eigenvalue weighted by molar-refractivity contribution is 6.01. The van der Waals surface area contributed by atoms with E-state index >= 15 is 0 Å². The molecular weight excluding hydrogens is 814 g/mol. The fraction of sp³-hybridized carbons (Fsp3) is 0.550. The Morgan fingerprint density at radius 2 is 1.03 bits per heavy atom. The number of nitrogens with zero attached hydrogens (tertiary/aromatic N) is 5. The molecule has 0 spiro atoms. The summed E-state index contributed by atoms with van der Waals surface area (Å²) >= 11 is 0. The van der Waals surface area contributed by atoms with Crippen molar-refractivity contribution < 1.29 is 53.3 Å². The number of alkyl carbamates (subject to hydrolysis) is 2. The smallest absolute Gasteiger partial charge is 0.407 e. The molecule has 6 atom stereocenters. The number of nitro benzene ring substituents is 2. The van der Waals surface area contributed by atoms with Crippen LogP contribution in [-0.4, -0.2) is 117 Å². The van der Waals surface area contributed by atoms with Gasteiger partial charge in [-0.2, -0.15) is 5.06 Å². The number of amides is 6. The van der Waals surface area contributed by atoms with E-state index in [2.05, 4.69) is 30.7 Å². The number of benzene rings is 2. The molecule has 5 N–H and O–H groups in total. The number of methoxy groups -OCH3 is 2. The molecule has 3 fully saturated rings. The first-order chi connectivity index (χ1) is 29.4. The molecule has 5 rings (SSSR count). The van der Waals surface area contributed by atoms with Crippen molar-refractivity contribution in [2.75, 3.05) is 37.9 Å². The van der Waals surface area contributed by atoms with E-state index in [4.69, 9.17) is 0 Å². The standard InChI is InChI=1S/C40H53N9O13/c1-21(2)33(43-39(54)61-5)37(52)45-17-7-9-29(45)35(50)41-25-13-11-23(19-31(25)48(57)58)27-15-16-28(47(27)56)24-12-14-26(32(20-24)49(59)60)42-36(51)30-10-8-18-46(30)38(53)34(22(3)4)44-40(55)62-6/h11-14,19-22,27-30,33-34,56H,7-10,15-18H2,1-6H3,(H,41,50)(H,42,51)(H,43,54)(H,44,55). The highest BCUT2D eigenvalue weighted by atomic mass is 16.6. The molecule has 22 nitrogen and oxygen atoms in total. The van der Waals surface area contributed by atoms with Crippen molar-refractivity contribution in [3.05, 3.63) is 67.8 Å². The predicted octanol–water partition coefficient (Wildman–Crippen LogP) is 4.39. The Morgan fingerprint density at radius 3 is 1.35 bits per heavy atom. The average molecular weight is 868 g/mol. The normalized spacial score (nSPS) is 21.0. The quantitative estimate of drug-likeness (QED) is 0.130. The van der Waals surface area contributed by atoms with Crippen LogP contribution in [-0.2, 0) is 28.7 Å². The van der Waals surface area contributed by atoms with E-state index in [1.807, 2.05) is 0 Å². The minimum atomic E-state index is -0.972. The van der Waals surface area contributed by atoms with E-state index < -0.39 is 93.3 Å². The van der Waals surface area contributed by atoms with E-state index in [1.165, 1.54) is 60.4 Å². The van der Waals surface area contributed by atoms with Crippen LogP contribution in [0.25, 0.3) is 0 Å². The molecule has 3 saturated heterocycles. The second-order valence-electron chi connectivity index (χ2n) is 16.1. The first-order valence-electron chi connectivity index (χ1n) is 20.3. The highest BCUT2D eigenvalue weighted by Gasteiger charge is 2.42. The number of hydroxylamine groups is 2. The lowest BCUT2D eigenvalue weighted by Crippen LogP contribution is -2.54. The van der Waals surface area contributed by atoms with Crippen LogP contribution >= 0.6 is 0 Å². The van der Waals surface area contributed by atoms with E-state index in [0.717, 1.165) is 5.06 Å². The van der Waals surface area contributed by atoms with Crippen molar-refractivity contribution in [2.24, 2.45) is 11.8 Å². The van der Waals surface area contributed by atoms with Gasteiger partial charge in [0.05, 0.1) is 36.1 Å². The van der Waals surface area contributed by atoms with Crippen LogP contribution in [0.5, 0.6) is 0 Å². The minimum absolute atomic E-state index is 0.133. The summed E-state index contributed by atoms with van der Waals surface area (Å²) in [7, 11) is 2.33. The molecule has 6 unspecified atom stereocenters. The summed E-state index contributed by atoms with van der Waals surface area (Å²) < 4.78 is 9.29. The maximum absolute atomic E-state index is 13.5. The van der Waals surface area contributed by atoms with Gasteiger partial charge >= 0.3 is 12.2 Å². The third-order valence-corrected chi connectivity index (χ3v) is 11.5. The molecule has 0 radical (unpaired) electrons. The fourth-order valence-electron chi connectivity index (χ4n) is 8.26. The average Bonchev–Trinajstić information content (AvgIpc) is 4.02. The molecular formula is C40H53N9O13. The monoisotopic (exact) mass is 867 g/mol. The highest BCUT2D eigenvalue weighted by Crippen LogP contribution is 2.45. The van der Waals surface area contributed by atoms with Gasteiger partial charge in [0.2, 0.25) is 23.6 Å². The summed E-state index contributed by atoms with van der Waals surface area (Å²) in [5.41, 5.74) is -0.525. The first-order valence-corrected chi connectivity index (χ1v) is 20.3. The van der Waals surface area contributed by atoms with Crippen LogP contribution in [0.1, 0.15) is 89.4 Å². The number of anilines is 2. The molecule has 6 amide bonds. The number of nitrogens with one attached hydrogen (secondary N) is 4. The van der Waals surface area contributed by atoms with Crippen molar-refractivity contribution in [2.45, 2.75) is 102 Å². The molecule has 0 aromatic heterocycles. The molecule has 62 heavy (non-hydrogen) atoms. The zero-order valence-electron chi connectivity index (χ0n) is 35.3. The maximum Gasteiger partial charge on any atom is 0.407 e. The molecule has 3 aliphatic heterocycles. The van der Waals surface area contributed by atoms with E-state index in [0.29, 0.717) is 36.8 Å². The molecule has 0 saturated carbocycles. The number of hydrogen-bond acceptors (Lipinski definition) is 14. The van der Waals surface area contributed by atoms with Crippen molar-refractivity contribution >= 4 is 58.6 Å². The Hall–Kier alpha value is -6.42. The largest absolute Gasteiger partial charge is 0.453 e. The van der Waals surface area contributed by atoms with Crippen LogP contribution < -0.4 is 21.3 Å². The van der Waals surface area contributed by atoms with E-state index in [9.17, 15) is 54.2 Å². The molecule has 3 heterocycles. The molecule has 2 aromatic carbocycles. The van der Waals surface area contributed by atoms with Crippen LogP contribution in [0.2, 0.25) is 0 Å². The summed E-state index contributed by atoms with van der Waals surface area (Å²) in [6.45, 7) is 7.38. The predicted molar refractivity (Wildman–Crippen MR) is 220 cm³/mol. The van der Waals surface area contributed by atoms with Gasteiger partial charge in [-0.1, -0.05) is 39.8 Å². The molecule has 22 heteroatoms. The van der Waals surface area contributed by atoms with E-state index in [-0.39, 0.29) is 49.1 Å². The van der Waals surface area contributed by atoms with E-state index in [1.54, 1.807) is 27.7 Å². The topological polar surface area (TPSA) is 285 Å². The van der Waals surface area contributed by atoms with Gasteiger partial charge in [-0.25, -0.2) is 9.59 Å². The lowest BCUT2D eigenvalue weighted by molar-refractivity contribution is -0.384. The Labute approximate surface area is 356 Å². The fourth-order valence-corrected chi connectivity index (χ4v) is 8.26. The van der Waals surface area contributed by atoms with Crippen molar-refractivity contribution in [3.63, 3.8) is 0 Å². The van der Waals surface area contributed by atoms with Crippen LogP contribution in [0.15, 0.2) is 36.4 Å². The Morgan fingerprint density at radius 1 is 0.661 bits per heavy atom. The second-order valence-corrected chi connectivity index (χ2v) is 16.1. The van der Waals surface area contributed by atoms with Gasteiger partial charge in [0.15, 0.2) is 0 Å². The number of rotatable bonds is 14. The summed E-state index contributed by atoms with van der Waals surface area (Å²) in [5, 5.41) is 47.2. The van der Waals surface area contributed by atoms with Crippen molar-refractivity contribution in [1.29, 1.82) is 0 Å². The van der Waals surface area contributed by atoms with Gasteiger partial charge in [0.25, 0.3) is 11.4 Å². The summed E-state index contributed by atoms with van der Waals surface area (Å²) in [5.74, 6) is -2.96. The number of carbonyl (C=O) groups excluding carboxylic acids is 6. The van der Waals surface area contributed by atoms with Crippen molar-refractivity contribution in [1.82, 2.24) is 25.5 Å². The SMILES string of the molecule is COC(=O)NC(C(=O)N1CCCC1C(=O)Nc1ccc(C2CCC(c3ccc(NC(=O)C4CCCN4C(=O)C(NC(=O)OC)C(C)C)c([N+](=O)[O-])c3)N2O)cc1[N+](=O)[O-])C(C)C. The molecule has 2 aromatic rings. The van der Waals surface area contributed by atoms with Crippen LogP contribution in [0.4, 0.5) is 32.3 Å². The lowest BCUT2D eigenvalue weighted by atomic mass is 10.0. The van der Waals surface area contributed by atoms with Gasteiger partial charge in [0, 0.05) is 25.2 Å². The Bertz CT molecular complexity index is 1940. The molecule has 336 valence electrons. The number of nitro groups is 2. The number of carbonyl (C=O) groups is 6. The first kappa shape index (κ1) is 46.6. The van der Waals surface area contributed by atoms with Gasteiger partial charge in [-0.3, -0.25) is 39.4 Å². The number of ether oxygens (including phenoxy) is 2. The summed E-state index contributed by atoms with van der Waals surface area (Å²) in [6.07, 6.45) is 0.529. The lowest BCUT2D eigenvalue weighted by Gasteiger charge is -2.30. The van der Waals surface area contributed by atoms with Gasteiger partial charge in [-0.05, 0) is 73.6 Å². The van der Waals surface area contributed by atoms with Gasteiger partial charge in [-0.15, -0.1) is 0 Å². The minimum Gasteiger partial charge on any atom is -0.453 e. The van der Waals surface area contributed by atoms with Gasteiger partial charge < -0.3 is 45.7 Å². The van der Waals surface area contributed by atoms with Crippen LogP contribution in [0.3, 0.4) is 0 Å². The third-order valence-electron chi connectivity index (χ3n) is 11.5. The summed E-state index contributed by atoms with van der Waals surface area (Å²) in [4.78, 5) is 104. The van der Waals surface area contributed by atoms with Crippen LogP contribution in [0, 0.1) is 32.1 Å². The summed E-state index contributed by atoms with van der Waals surface area (Å²) in [6, 6.07) is 2.72.